The van der Waals surface area contributed by atoms with Crippen molar-refractivity contribution in [2.45, 2.75) is 4.90 Å². The summed E-state index contributed by atoms with van der Waals surface area (Å²) in [6, 6.07) is 13.1. The first-order valence-electron chi connectivity index (χ1n) is 8.97. The number of nitrogens with zero attached hydrogens (tertiary/aromatic N) is 4. The zero-order chi connectivity index (χ0) is 23.0. The van der Waals surface area contributed by atoms with Gasteiger partial charge in [-0.05, 0) is 40.2 Å². The van der Waals surface area contributed by atoms with Gasteiger partial charge in [-0.15, -0.1) is 0 Å². The fourth-order valence-electron chi connectivity index (χ4n) is 2.91. The summed E-state index contributed by atoms with van der Waals surface area (Å²) in [5, 5.41) is 8.66. The molecule has 0 fully saturated rings. The molecule has 4 aromatic rings. The number of halogens is 2. The average molecular weight is 538 g/mol. The van der Waals surface area contributed by atoms with E-state index in [1.54, 1.807) is 36.4 Å². The zero-order valence-electron chi connectivity index (χ0n) is 16.6. The van der Waals surface area contributed by atoms with E-state index >= 15 is 0 Å². The van der Waals surface area contributed by atoms with Gasteiger partial charge in [0, 0.05) is 11.8 Å². The van der Waals surface area contributed by atoms with Crippen LogP contribution in [0.15, 0.2) is 62.4 Å². The number of carbonyl (C=O) groups is 1. The Morgan fingerprint density at radius 2 is 1.94 bits per heavy atom. The number of hydrogen-bond donors (Lipinski definition) is 0. The third-order valence-corrected chi connectivity index (χ3v) is 6.62. The molecule has 0 spiro atoms. The first-order chi connectivity index (χ1) is 15.2. The molecule has 0 bridgehead atoms. The van der Waals surface area contributed by atoms with Crippen molar-refractivity contribution in [3.8, 4) is 28.7 Å². The standard InChI is InChI=1S/C20H14BrClN4O5S/c1-30-20(27)16-15(21)17(26(24-16)14-9-4-3-8-13(14)22)19-23-18(25-31-19)11-6-5-7-12(10-11)32(2,28)29/h3-10H,1-2H3. The monoisotopic (exact) mass is 536 g/mol. The van der Waals surface area contributed by atoms with Crippen molar-refractivity contribution in [3.63, 3.8) is 0 Å². The van der Waals surface area contributed by atoms with E-state index in [2.05, 4.69) is 31.2 Å². The zero-order valence-corrected chi connectivity index (χ0v) is 19.8. The maximum atomic E-state index is 12.2. The van der Waals surface area contributed by atoms with Crippen LogP contribution in [-0.4, -0.2) is 47.7 Å². The third-order valence-electron chi connectivity index (χ3n) is 4.44. The summed E-state index contributed by atoms with van der Waals surface area (Å²) < 4.78 is 35.7. The molecular formula is C20H14BrClN4O5S. The van der Waals surface area contributed by atoms with Crippen LogP contribution in [0.2, 0.25) is 5.02 Å². The number of hydrogen-bond acceptors (Lipinski definition) is 8. The van der Waals surface area contributed by atoms with Gasteiger partial charge in [0.1, 0.15) is 5.69 Å². The molecule has 12 heteroatoms. The number of aromatic nitrogens is 4. The molecule has 2 aromatic heterocycles. The molecule has 2 aromatic carbocycles. The van der Waals surface area contributed by atoms with E-state index in [1.165, 1.54) is 23.9 Å². The van der Waals surface area contributed by atoms with Crippen LogP contribution in [0.25, 0.3) is 28.7 Å². The lowest BCUT2D eigenvalue weighted by Gasteiger charge is -2.06. The first kappa shape index (κ1) is 22.2. The summed E-state index contributed by atoms with van der Waals surface area (Å²) in [6.07, 6.45) is 1.11. The highest BCUT2D eigenvalue weighted by Crippen LogP contribution is 2.35. The van der Waals surface area contributed by atoms with Crippen LogP contribution >= 0.6 is 27.5 Å². The second-order valence-electron chi connectivity index (χ2n) is 6.59. The predicted octanol–water partition coefficient (Wildman–Crippen LogP) is 4.20. The van der Waals surface area contributed by atoms with Crippen LogP contribution < -0.4 is 0 Å². The summed E-state index contributed by atoms with van der Waals surface area (Å²) in [5.41, 5.74) is 1.17. The number of methoxy groups -OCH3 is 1. The normalized spacial score (nSPS) is 11.5. The molecule has 0 unspecified atom stereocenters. The van der Waals surface area contributed by atoms with E-state index in [4.69, 9.17) is 20.9 Å². The van der Waals surface area contributed by atoms with E-state index in [0.29, 0.717) is 16.3 Å². The first-order valence-corrected chi connectivity index (χ1v) is 12.0. The third kappa shape index (κ3) is 4.06. The summed E-state index contributed by atoms with van der Waals surface area (Å²) in [6.45, 7) is 0. The molecule has 0 radical (unpaired) electrons. The summed E-state index contributed by atoms with van der Waals surface area (Å²) in [7, 11) is -2.18. The van der Waals surface area contributed by atoms with Crippen LogP contribution in [0.5, 0.6) is 0 Å². The van der Waals surface area contributed by atoms with Gasteiger partial charge in [-0.1, -0.05) is 41.0 Å². The van der Waals surface area contributed by atoms with Gasteiger partial charge in [0.25, 0.3) is 5.89 Å². The van der Waals surface area contributed by atoms with Crippen LogP contribution in [-0.2, 0) is 14.6 Å². The highest BCUT2D eigenvalue weighted by Gasteiger charge is 2.28. The quantitative estimate of drug-likeness (QED) is 0.348. The van der Waals surface area contributed by atoms with Gasteiger partial charge < -0.3 is 9.26 Å². The average Bonchev–Trinajstić information content (AvgIpc) is 3.37. The molecule has 0 aliphatic heterocycles. The SMILES string of the molecule is COC(=O)c1nn(-c2ccccc2Cl)c(-c2nc(-c3cccc(S(C)(=O)=O)c3)no2)c1Br. The van der Waals surface area contributed by atoms with Gasteiger partial charge in [-0.25, -0.2) is 17.9 Å². The number of sulfone groups is 1. The van der Waals surface area contributed by atoms with E-state index < -0.39 is 15.8 Å². The topological polar surface area (TPSA) is 117 Å². The lowest BCUT2D eigenvalue weighted by Crippen LogP contribution is -2.05. The Balaban J connectivity index is 1.88. The Kier molecular flexibility index (Phi) is 5.89. The van der Waals surface area contributed by atoms with Crippen molar-refractivity contribution in [1.82, 2.24) is 19.9 Å². The Morgan fingerprint density at radius 3 is 2.62 bits per heavy atom. The minimum absolute atomic E-state index is 0.0127. The molecular weight excluding hydrogens is 524 g/mol. The number of carbonyl (C=O) groups excluding carboxylic acids is 1. The Labute approximate surface area is 196 Å². The fraction of sp³-hybridized carbons (Fsp3) is 0.100. The number of ether oxygens (including phenoxy) is 1. The maximum Gasteiger partial charge on any atom is 0.359 e. The van der Waals surface area contributed by atoms with Crippen LogP contribution in [0.3, 0.4) is 0 Å². The van der Waals surface area contributed by atoms with Gasteiger partial charge in [0.05, 0.1) is 27.2 Å². The van der Waals surface area contributed by atoms with Crippen molar-refractivity contribution in [3.05, 3.63) is 63.7 Å². The van der Waals surface area contributed by atoms with Crippen molar-refractivity contribution in [2.75, 3.05) is 13.4 Å². The second kappa shape index (κ2) is 8.49. The predicted molar refractivity (Wildman–Crippen MR) is 119 cm³/mol. The number of rotatable bonds is 5. The maximum absolute atomic E-state index is 12.2. The molecule has 0 atom stereocenters. The minimum atomic E-state index is -3.42. The van der Waals surface area contributed by atoms with Gasteiger partial charge >= 0.3 is 5.97 Å². The molecule has 32 heavy (non-hydrogen) atoms. The molecule has 0 N–H and O–H groups in total. The molecule has 0 aliphatic carbocycles. The largest absolute Gasteiger partial charge is 0.464 e. The van der Waals surface area contributed by atoms with Crippen LogP contribution in [0.1, 0.15) is 10.5 Å². The summed E-state index contributed by atoms with van der Waals surface area (Å²) in [5.74, 6) is -0.493. The van der Waals surface area contributed by atoms with E-state index in [0.717, 1.165) is 6.26 Å². The lowest BCUT2D eigenvalue weighted by molar-refractivity contribution is 0.0592. The molecule has 9 nitrogen and oxygen atoms in total. The summed E-state index contributed by atoms with van der Waals surface area (Å²) >= 11 is 9.71. The van der Waals surface area contributed by atoms with Crippen LogP contribution in [0, 0.1) is 0 Å². The Morgan fingerprint density at radius 1 is 1.19 bits per heavy atom. The van der Waals surface area contributed by atoms with Crippen molar-refractivity contribution in [2.24, 2.45) is 0 Å². The minimum Gasteiger partial charge on any atom is -0.464 e. The lowest BCUT2D eigenvalue weighted by atomic mass is 10.2. The smallest absolute Gasteiger partial charge is 0.359 e. The number of esters is 1. The van der Waals surface area contributed by atoms with Crippen molar-refractivity contribution >= 4 is 43.3 Å². The Bertz CT molecular complexity index is 1450. The summed E-state index contributed by atoms with van der Waals surface area (Å²) in [4.78, 5) is 16.7. The fourth-order valence-corrected chi connectivity index (χ4v) is 4.37. The van der Waals surface area contributed by atoms with Gasteiger partial charge in [0.15, 0.2) is 15.5 Å². The van der Waals surface area contributed by atoms with E-state index in [1.807, 2.05) is 0 Å². The number of para-hydroxylation sites is 1. The molecule has 4 rings (SSSR count). The number of benzene rings is 2. The molecule has 0 saturated heterocycles. The highest BCUT2D eigenvalue weighted by molar-refractivity contribution is 9.10. The van der Waals surface area contributed by atoms with E-state index in [9.17, 15) is 13.2 Å². The second-order valence-corrected chi connectivity index (χ2v) is 9.81. The van der Waals surface area contributed by atoms with E-state index in [-0.39, 0.29) is 32.5 Å². The van der Waals surface area contributed by atoms with Gasteiger partial charge in [-0.2, -0.15) is 10.1 Å². The molecule has 0 aliphatic rings. The molecule has 0 saturated carbocycles. The molecule has 2 heterocycles. The highest BCUT2D eigenvalue weighted by atomic mass is 79.9. The van der Waals surface area contributed by atoms with Crippen molar-refractivity contribution in [1.29, 1.82) is 0 Å². The van der Waals surface area contributed by atoms with Gasteiger partial charge in [0.2, 0.25) is 5.82 Å². The van der Waals surface area contributed by atoms with Crippen molar-refractivity contribution < 1.29 is 22.5 Å². The Hall–Kier alpha value is -3.02. The van der Waals surface area contributed by atoms with Crippen LogP contribution in [0.4, 0.5) is 0 Å². The van der Waals surface area contributed by atoms with Gasteiger partial charge in [-0.3, -0.25) is 0 Å². The molecule has 164 valence electrons. The molecule has 0 amide bonds.